The molecule has 2 aliphatic rings. The molecular weight excluding hydrogens is 238 g/mol. The number of nitrogens with zero attached hydrogens (tertiary/aromatic N) is 2. The van der Waals surface area contributed by atoms with Crippen LogP contribution in [0.15, 0.2) is 12.3 Å². The topological polar surface area (TPSA) is 85.9 Å². The molecule has 17 heavy (non-hydrogen) atoms. The van der Waals surface area contributed by atoms with Crippen LogP contribution in [0.5, 0.6) is 0 Å². The van der Waals surface area contributed by atoms with Gasteiger partial charge in [0.05, 0.1) is 16.5 Å². The van der Waals surface area contributed by atoms with Crippen LogP contribution in [0.3, 0.4) is 0 Å². The van der Waals surface area contributed by atoms with E-state index in [0.717, 1.165) is 31.4 Å². The van der Waals surface area contributed by atoms with Crippen molar-refractivity contribution < 1.29 is 8.42 Å². The van der Waals surface area contributed by atoms with Crippen LogP contribution in [0.1, 0.15) is 37.2 Å². The summed E-state index contributed by atoms with van der Waals surface area (Å²) >= 11 is 0. The zero-order chi connectivity index (χ0) is 12.1. The third kappa shape index (κ3) is 2.19. The van der Waals surface area contributed by atoms with Gasteiger partial charge in [0.1, 0.15) is 11.6 Å². The normalized spacial score (nSPS) is 22.4. The molecule has 1 heterocycles. The minimum Gasteiger partial charge on any atom is -0.320 e. The van der Waals surface area contributed by atoms with Crippen LogP contribution in [-0.4, -0.2) is 23.6 Å². The molecule has 6 heteroatoms. The summed E-state index contributed by atoms with van der Waals surface area (Å²) in [6.45, 7) is 0. The molecule has 0 atom stereocenters. The second-order valence-electron chi connectivity index (χ2n) is 5.02. The van der Waals surface area contributed by atoms with E-state index < -0.39 is 9.84 Å². The van der Waals surface area contributed by atoms with Crippen molar-refractivity contribution >= 4 is 9.84 Å². The van der Waals surface area contributed by atoms with Gasteiger partial charge in [-0.1, -0.05) is 0 Å². The Labute approximate surface area is 100 Å². The van der Waals surface area contributed by atoms with Gasteiger partial charge >= 0.3 is 0 Å². The predicted octanol–water partition coefficient (Wildman–Crippen LogP) is 0.502. The van der Waals surface area contributed by atoms with Gasteiger partial charge in [0.15, 0.2) is 9.84 Å². The lowest BCUT2D eigenvalue weighted by atomic mass is 10.2. The van der Waals surface area contributed by atoms with E-state index in [9.17, 15) is 8.42 Å². The molecule has 0 unspecified atom stereocenters. The molecule has 0 bridgehead atoms. The Morgan fingerprint density at radius 2 is 2.12 bits per heavy atom. The van der Waals surface area contributed by atoms with E-state index in [1.165, 1.54) is 0 Å². The first-order chi connectivity index (χ1) is 8.00. The lowest BCUT2D eigenvalue weighted by molar-refractivity contribution is 0.591. The van der Waals surface area contributed by atoms with E-state index in [2.05, 4.69) is 9.97 Å². The molecule has 0 saturated heterocycles. The highest BCUT2D eigenvalue weighted by Crippen LogP contribution is 2.41. The van der Waals surface area contributed by atoms with E-state index in [4.69, 9.17) is 5.73 Å². The third-order valence-electron chi connectivity index (χ3n) is 3.37. The molecule has 2 N–H and O–H groups in total. The number of rotatable bonds is 4. The molecule has 0 radical (unpaired) electrons. The highest BCUT2D eigenvalue weighted by atomic mass is 32.2. The Morgan fingerprint density at radius 1 is 1.41 bits per heavy atom. The van der Waals surface area contributed by atoms with E-state index in [0.29, 0.717) is 5.82 Å². The van der Waals surface area contributed by atoms with Gasteiger partial charge in [-0.25, -0.2) is 18.4 Å². The molecule has 5 nitrogen and oxygen atoms in total. The van der Waals surface area contributed by atoms with Gasteiger partial charge in [-0.2, -0.15) is 0 Å². The minimum atomic E-state index is -3.05. The van der Waals surface area contributed by atoms with Crippen LogP contribution < -0.4 is 5.73 Å². The van der Waals surface area contributed by atoms with E-state index >= 15 is 0 Å². The molecule has 2 saturated carbocycles. The van der Waals surface area contributed by atoms with Crippen LogP contribution in [0.2, 0.25) is 0 Å². The Balaban J connectivity index is 1.84. The van der Waals surface area contributed by atoms with Crippen molar-refractivity contribution in [2.45, 2.75) is 42.2 Å². The standard InChI is InChI=1S/C11H15N3O2S/c12-11(4-5-11)9-3-6-13-10(14-9)7-17(15,16)8-1-2-8/h3,6,8H,1-2,4-5,7,12H2. The second-order valence-corrected chi connectivity index (χ2v) is 7.30. The summed E-state index contributed by atoms with van der Waals surface area (Å²) in [5, 5.41) is -0.164. The van der Waals surface area contributed by atoms with Gasteiger partial charge in [-0.15, -0.1) is 0 Å². The lowest BCUT2D eigenvalue weighted by Gasteiger charge is -2.09. The van der Waals surface area contributed by atoms with Gasteiger partial charge < -0.3 is 5.73 Å². The fourth-order valence-electron chi connectivity index (χ4n) is 1.86. The molecule has 0 spiro atoms. The molecule has 0 amide bonds. The Morgan fingerprint density at radius 3 is 2.71 bits per heavy atom. The van der Waals surface area contributed by atoms with E-state index in [1.54, 1.807) is 12.3 Å². The van der Waals surface area contributed by atoms with Gasteiger partial charge in [0.25, 0.3) is 0 Å². The molecule has 92 valence electrons. The highest BCUT2D eigenvalue weighted by Gasteiger charge is 2.42. The molecule has 0 aromatic carbocycles. The number of sulfone groups is 1. The summed E-state index contributed by atoms with van der Waals surface area (Å²) < 4.78 is 23.7. The van der Waals surface area contributed by atoms with Crippen molar-refractivity contribution in [1.29, 1.82) is 0 Å². The first-order valence-corrected chi connectivity index (χ1v) is 7.54. The SMILES string of the molecule is NC1(c2ccnc(CS(=O)(=O)C3CC3)n2)CC1. The zero-order valence-electron chi connectivity index (χ0n) is 9.46. The summed E-state index contributed by atoms with van der Waals surface area (Å²) in [5.41, 5.74) is 6.47. The maximum absolute atomic E-state index is 11.8. The molecular formula is C11H15N3O2S. The Kier molecular flexibility index (Phi) is 2.28. The fourth-order valence-corrected chi connectivity index (χ4v) is 3.45. The number of hydrogen-bond acceptors (Lipinski definition) is 5. The molecule has 2 aliphatic carbocycles. The van der Waals surface area contributed by atoms with Crippen LogP contribution in [0.25, 0.3) is 0 Å². The zero-order valence-corrected chi connectivity index (χ0v) is 10.3. The highest BCUT2D eigenvalue weighted by molar-refractivity contribution is 7.91. The monoisotopic (exact) mass is 253 g/mol. The van der Waals surface area contributed by atoms with Gasteiger partial charge in [-0.05, 0) is 31.7 Å². The van der Waals surface area contributed by atoms with Crippen LogP contribution >= 0.6 is 0 Å². The van der Waals surface area contributed by atoms with Crippen molar-refractivity contribution in [2.75, 3.05) is 0 Å². The first-order valence-electron chi connectivity index (χ1n) is 5.82. The number of aromatic nitrogens is 2. The van der Waals surface area contributed by atoms with Crippen molar-refractivity contribution in [2.24, 2.45) is 5.73 Å². The van der Waals surface area contributed by atoms with E-state index in [1.807, 2.05) is 0 Å². The summed E-state index contributed by atoms with van der Waals surface area (Å²) in [5.74, 6) is 0.327. The van der Waals surface area contributed by atoms with Crippen molar-refractivity contribution in [3.05, 3.63) is 23.8 Å². The summed E-state index contributed by atoms with van der Waals surface area (Å²) in [4.78, 5) is 8.32. The van der Waals surface area contributed by atoms with E-state index in [-0.39, 0.29) is 16.5 Å². The number of hydrogen-bond donors (Lipinski definition) is 1. The number of nitrogens with two attached hydrogens (primary N) is 1. The second kappa shape index (κ2) is 3.49. The average Bonchev–Trinajstić information content (AvgIpc) is 3.12. The largest absolute Gasteiger partial charge is 0.320 e. The Bertz CT molecular complexity index is 548. The summed E-state index contributed by atoms with van der Waals surface area (Å²) in [6.07, 6.45) is 5.00. The fraction of sp³-hybridized carbons (Fsp3) is 0.636. The van der Waals surface area contributed by atoms with Crippen LogP contribution in [0.4, 0.5) is 0 Å². The molecule has 1 aromatic rings. The quantitative estimate of drug-likeness (QED) is 0.844. The Hall–Kier alpha value is -1.01. The minimum absolute atomic E-state index is 0.0540. The molecule has 1 aromatic heterocycles. The first kappa shape index (κ1) is 11.1. The third-order valence-corrected chi connectivity index (χ3v) is 5.51. The maximum atomic E-state index is 11.8. The average molecular weight is 253 g/mol. The van der Waals surface area contributed by atoms with Gasteiger partial charge in [-0.3, -0.25) is 0 Å². The smallest absolute Gasteiger partial charge is 0.160 e. The van der Waals surface area contributed by atoms with Crippen molar-refractivity contribution in [3.63, 3.8) is 0 Å². The summed E-state index contributed by atoms with van der Waals surface area (Å²) in [7, 11) is -3.05. The molecule has 3 rings (SSSR count). The lowest BCUT2D eigenvalue weighted by Crippen LogP contribution is -2.22. The predicted molar refractivity (Wildman–Crippen MR) is 62.8 cm³/mol. The van der Waals surface area contributed by atoms with Crippen LogP contribution in [0, 0.1) is 0 Å². The van der Waals surface area contributed by atoms with Gasteiger partial charge in [0.2, 0.25) is 0 Å². The molecule has 2 fully saturated rings. The summed E-state index contributed by atoms with van der Waals surface area (Å²) in [6, 6.07) is 1.78. The van der Waals surface area contributed by atoms with Crippen molar-refractivity contribution in [3.8, 4) is 0 Å². The van der Waals surface area contributed by atoms with Gasteiger partial charge in [0, 0.05) is 6.20 Å². The van der Waals surface area contributed by atoms with Crippen molar-refractivity contribution in [1.82, 2.24) is 9.97 Å². The maximum Gasteiger partial charge on any atom is 0.160 e. The van der Waals surface area contributed by atoms with Crippen LogP contribution in [-0.2, 0) is 21.1 Å². The molecule has 0 aliphatic heterocycles.